The highest BCUT2D eigenvalue weighted by molar-refractivity contribution is 7.80. The van der Waals surface area contributed by atoms with E-state index in [0.717, 1.165) is 5.75 Å². The number of thiocarbonyl (C=S) groups is 1. The molecule has 7 nitrogen and oxygen atoms in total. The molecule has 8 heteroatoms. The van der Waals surface area contributed by atoms with Gasteiger partial charge in [-0.25, -0.2) is 0 Å². The Morgan fingerprint density at radius 1 is 0.829 bits per heavy atom. The van der Waals surface area contributed by atoms with Gasteiger partial charge in [0.2, 0.25) is 0 Å². The number of anilines is 1. The second kappa shape index (κ2) is 12.0. The van der Waals surface area contributed by atoms with E-state index in [4.69, 9.17) is 21.7 Å². The lowest BCUT2D eigenvalue weighted by atomic mass is 10.1. The Balaban J connectivity index is 1.56. The molecule has 182 valence electrons. The minimum absolute atomic E-state index is 0.102. The summed E-state index contributed by atoms with van der Waals surface area (Å²) in [7, 11) is 0. The number of ether oxygens (including phenoxy) is 2. The lowest BCUT2D eigenvalue weighted by Gasteiger charge is -2.20. The van der Waals surface area contributed by atoms with E-state index >= 15 is 0 Å². The molecule has 3 aromatic rings. The van der Waals surface area contributed by atoms with E-state index in [9.17, 15) is 9.59 Å². The molecule has 0 saturated heterocycles. The normalized spacial score (nSPS) is 10.7. The van der Waals surface area contributed by atoms with Gasteiger partial charge >= 0.3 is 0 Å². The van der Waals surface area contributed by atoms with Crippen LogP contribution in [0.5, 0.6) is 11.5 Å². The van der Waals surface area contributed by atoms with Crippen LogP contribution in [0.15, 0.2) is 78.9 Å². The van der Waals surface area contributed by atoms with E-state index in [0.29, 0.717) is 29.2 Å². The Labute approximate surface area is 210 Å². The van der Waals surface area contributed by atoms with Crippen molar-refractivity contribution in [3.8, 4) is 11.5 Å². The Morgan fingerprint density at radius 2 is 1.51 bits per heavy atom. The van der Waals surface area contributed by atoms with Gasteiger partial charge in [-0.05, 0) is 75.5 Å². The van der Waals surface area contributed by atoms with Crippen LogP contribution in [-0.2, 0) is 0 Å². The van der Waals surface area contributed by atoms with Crippen molar-refractivity contribution in [1.82, 2.24) is 10.6 Å². The third kappa shape index (κ3) is 8.42. The minimum atomic E-state index is -0.413. The van der Waals surface area contributed by atoms with Gasteiger partial charge < -0.3 is 20.1 Å². The molecule has 3 aromatic carbocycles. The van der Waals surface area contributed by atoms with E-state index < -0.39 is 5.91 Å². The molecule has 0 heterocycles. The van der Waals surface area contributed by atoms with Crippen molar-refractivity contribution in [2.75, 3.05) is 18.5 Å². The van der Waals surface area contributed by atoms with Gasteiger partial charge in [0.15, 0.2) is 5.11 Å². The van der Waals surface area contributed by atoms with Crippen molar-refractivity contribution in [2.45, 2.75) is 26.3 Å². The Hall–Kier alpha value is -3.91. The molecule has 0 aliphatic rings. The summed E-state index contributed by atoms with van der Waals surface area (Å²) < 4.78 is 11.4. The van der Waals surface area contributed by atoms with Crippen LogP contribution in [0.4, 0.5) is 5.69 Å². The second-order valence-corrected chi connectivity index (χ2v) is 9.11. The van der Waals surface area contributed by atoms with Gasteiger partial charge in [0.25, 0.3) is 11.8 Å². The van der Waals surface area contributed by atoms with Gasteiger partial charge in [0.1, 0.15) is 24.7 Å². The van der Waals surface area contributed by atoms with Crippen LogP contribution < -0.4 is 25.4 Å². The summed E-state index contributed by atoms with van der Waals surface area (Å²) in [6.07, 6.45) is 0. The van der Waals surface area contributed by atoms with Gasteiger partial charge in [0.05, 0.1) is 5.56 Å². The summed E-state index contributed by atoms with van der Waals surface area (Å²) in [4.78, 5) is 25.3. The largest absolute Gasteiger partial charge is 0.490 e. The first kappa shape index (κ1) is 25.7. The first-order valence-electron chi connectivity index (χ1n) is 11.2. The molecule has 0 fully saturated rings. The number of para-hydroxylation sites is 2. The van der Waals surface area contributed by atoms with E-state index in [1.165, 1.54) is 0 Å². The topological polar surface area (TPSA) is 88.7 Å². The average Bonchev–Trinajstić information content (AvgIpc) is 2.82. The van der Waals surface area contributed by atoms with Crippen LogP contribution in [0.3, 0.4) is 0 Å². The van der Waals surface area contributed by atoms with Gasteiger partial charge in [0, 0.05) is 16.8 Å². The maximum absolute atomic E-state index is 12.8. The third-order valence-electron chi connectivity index (χ3n) is 4.58. The van der Waals surface area contributed by atoms with E-state index in [-0.39, 0.29) is 23.2 Å². The molecular formula is C27H29N3O4S. The summed E-state index contributed by atoms with van der Waals surface area (Å²) in [5.74, 6) is 0.561. The van der Waals surface area contributed by atoms with Crippen LogP contribution in [0, 0.1) is 0 Å². The molecule has 0 spiro atoms. The number of hydrogen-bond acceptors (Lipinski definition) is 5. The quantitative estimate of drug-likeness (QED) is 0.310. The number of rotatable bonds is 8. The molecule has 0 aliphatic heterocycles. The smallest absolute Gasteiger partial charge is 0.261 e. The highest BCUT2D eigenvalue weighted by Crippen LogP contribution is 2.18. The standard InChI is InChI=1S/C27H29N3O4S/c1-27(2,3)30-24(31)19-10-9-11-20(18-19)28-26(35)29-25(32)22-14-7-8-15-23(22)34-17-16-33-21-12-5-4-6-13-21/h4-15,18H,16-17H2,1-3H3,(H,30,31)(H2,28,29,32,35). The molecule has 0 aliphatic carbocycles. The SMILES string of the molecule is CC(C)(C)NC(=O)c1cccc(NC(=S)NC(=O)c2ccccc2OCCOc2ccccc2)c1. The van der Waals surface area contributed by atoms with Crippen LogP contribution in [0.25, 0.3) is 0 Å². The van der Waals surface area contributed by atoms with Crippen LogP contribution in [0.2, 0.25) is 0 Å². The lowest BCUT2D eigenvalue weighted by molar-refractivity contribution is 0.0918. The fourth-order valence-electron chi connectivity index (χ4n) is 3.09. The van der Waals surface area contributed by atoms with Crippen LogP contribution in [-0.4, -0.2) is 35.7 Å². The number of nitrogens with one attached hydrogen (secondary N) is 3. The minimum Gasteiger partial charge on any atom is -0.490 e. The molecule has 3 N–H and O–H groups in total. The maximum atomic E-state index is 12.8. The first-order chi connectivity index (χ1) is 16.7. The lowest BCUT2D eigenvalue weighted by Crippen LogP contribution is -2.40. The zero-order valence-electron chi connectivity index (χ0n) is 20.0. The second-order valence-electron chi connectivity index (χ2n) is 8.70. The highest BCUT2D eigenvalue weighted by Gasteiger charge is 2.16. The average molecular weight is 492 g/mol. The van der Waals surface area contributed by atoms with E-state index in [2.05, 4.69) is 16.0 Å². The number of carbonyl (C=O) groups is 2. The van der Waals surface area contributed by atoms with E-state index in [1.807, 2.05) is 51.1 Å². The summed E-state index contributed by atoms with van der Waals surface area (Å²) >= 11 is 5.31. The first-order valence-corrected chi connectivity index (χ1v) is 11.6. The number of hydrogen-bond donors (Lipinski definition) is 3. The van der Waals surface area contributed by atoms with Crippen molar-refractivity contribution < 1.29 is 19.1 Å². The van der Waals surface area contributed by atoms with Crippen molar-refractivity contribution in [3.05, 3.63) is 90.0 Å². The van der Waals surface area contributed by atoms with Crippen molar-refractivity contribution in [3.63, 3.8) is 0 Å². The molecule has 0 radical (unpaired) electrons. The van der Waals surface area contributed by atoms with Gasteiger partial charge in [-0.1, -0.05) is 36.4 Å². The zero-order valence-corrected chi connectivity index (χ0v) is 20.8. The van der Waals surface area contributed by atoms with Crippen LogP contribution in [0.1, 0.15) is 41.5 Å². The Kier molecular flexibility index (Phi) is 8.80. The molecule has 0 atom stereocenters. The van der Waals surface area contributed by atoms with Crippen molar-refractivity contribution in [1.29, 1.82) is 0 Å². The molecule has 0 bridgehead atoms. The predicted molar refractivity (Wildman–Crippen MR) is 141 cm³/mol. The summed E-state index contributed by atoms with van der Waals surface area (Å²) in [5, 5.41) is 8.62. The monoisotopic (exact) mass is 491 g/mol. The number of benzene rings is 3. The molecule has 0 aromatic heterocycles. The molecule has 0 saturated carbocycles. The van der Waals surface area contributed by atoms with Gasteiger partial charge in [-0.15, -0.1) is 0 Å². The summed E-state index contributed by atoms with van der Waals surface area (Å²) in [5.41, 5.74) is 1.05. The summed E-state index contributed by atoms with van der Waals surface area (Å²) in [6.45, 7) is 6.34. The van der Waals surface area contributed by atoms with Crippen molar-refractivity contribution in [2.24, 2.45) is 0 Å². The fourth-order valence-corrected chi connectivity index (χ4v) is 3.30. The maximum Gasteiger partial charge on any atom is 0.261 e. The van der Waals surface area contributed by atoms with E-state index in [1.54, 1.807) is 48.5 Å². The zero-order chi connectivity index (χ0) is 25.3. The van der Waals surface area contributed by atoms with Crippen LogP contribution >= 0.6 is 12.2 Å². The van der Waals surface area contributed by atoms with Gasteiger partial charge in [-0.2, -0.15) is 0 Å². The predicted octanol–water partition coefficient (Wildman–Crippen LogP) is 4.80. The Morgan fingerprint density at radius 3 is 2.26 bits per heavy atom. The molecule has 2 amide bonds. The third-order valence-corrected chi connectivity index (χ3v) is 4.79. The molecule has 3 rings (SSSR count). The molecule has 35 heavy (non-hydrogen) atoms. The Bertz CT molecular complexity index is 1180. The number of amides is 2. The molecule has 0 unspecified atom stereocenters. The summed E-state index contributed by atoms with van der Waals surface area (Å²) in [6, 6.07) is 23.2. The van der Waals surface area contributed by atoms with Crippen molar-refractivity contribution >= 4 is 34.8 Å². The number of carbonyl (C=O) groups excluding carboxylic acids is 2. The fraction of sp³-hybridized carbons (Fsp3) is 0.222. The highest BCUT2D eigenvalue weighted by atomic mass is 32.1. The molecular weight excluding hydrogens is 462 g/mol. The van der Waals surface area contributed by atoms with Gasteiger partial charge in [-0.3, -0.25) is 14.9 Å².